The number of hydrogen-bond acceptors (Lipinski definition) is 9. The van der Waals surface area contributed by atoms with Gasteiger partial charge >= 0.3 is 5.97 Å². The van der Waals surface area contributed by atoms with Gasteiger partial charge in [0.05, 0.1) is 43.0 Å². The number of para-hydroxylation sites is 1. The normalized spacial score (nSPS) is 10.5. The Balaban J connectivity index is 1.60. The minimum absolute atomic E-state index is 0.109. The maximum atomic E-state index is 13.1. The van der Waals surface area contributed by atoms with Crippen LogP contribution in [0.25, 0.3) is 22.2 Å². The molecule has 0 saturated carbocycles. The molecular weight excluding hydrogens is 494 g/mol. The van der Waals surface area contributed by atoms with Gasteiger partial charge in [-0.1, -0.05) is 18.2 Å². The highest BCUT2D eigenvalue weighted by atomic mass is 16.6. The lowest BCUT2D eigenvalue weighted by Crippen LogP contribution is -2.21. The number of benzene rings is 3. The Labute approximate surface area is 217 Å². The summed E-state index contributed by atoms with van der Waals surface area (Å²) < 4.78 is 21.5. The van der Waals surface area contributed by atoms with Gasteiger partial charge in [-0.05, 0) is 36.4 Å². The summed E-state index contributed by atoms with van der Waals surface area (Å²) in [7, 11) is 4.50. The zero-order chi connectivity index (χ0) is 27.2. The Kier molecular flexibility index (Phi) is 7.66. The van der Waals surface area contributed by atoms with E-state index in [9.17, 15) is 19.7 Å². The van der Waals surface area contributed by atoms with Crippen molar-refractivity contribution in [2.24, 2.45) is 0 Å². The minimum atomic E-state index is -0.726. The number of methoxy groups -OCH3 is 3. The number of rotatable bonds is 9. The van der Waals surface area contributed by atoms with E-state index in [1.165, 1.54) is 45.6 Å². The molecule has 1 aromatic heterocycles. The Morgan fingerprint density at radius 1 is 0.921 bits per heavy atom. The van der Waals surface area contributed by atoms with E-state index < -0.39 is 23.4 Å². The number of nitro benzene ring substituents is 1. The van der Waals surface area contributed by atoms with Crippen molar-refractivity contribution in [3.8, 4) is 28.5 Å². The van der Waals surface area contributed by atoms with Crippen LogP contribution in [0.5, 0.6) is 17.2 Å². The highest BCUT2D eigenvalue weighted by Crippen LogP contribution is 2.41. The molecule has 0 fully saturated rings. The monoisotopic (exact) mass is 517 g/mol. The molecule has 0 aliphatic heterocycles. The lowest BCUT2D eigenvalue weighted by molar-refractivity contribution is -0.384. The highest BCUT2D eigenvalue weighted by molar-refractivity contribution is 6.05. The van der Waals surface area contributed by atoms with Crippen LogP contribution in [0.2, 0.25) is 0 Å². The van der Waals surface area contributed by atoms with Gasteiger partial charge in [-0.3, -0.25) is 14.9 Å². The summed E-state index contributed by atoms with van der Waals surface area (Å²) in [4.78, 5) is 40.4. The molecule has 11 heteroatoms. The summed E-state index contributed by atoms with van der Waals surface area (Å²) in [6, 6.07) is 17.3. The standard InChI is InChI=1S/C27H23N3O8/c1-35-23-12-16(13-24(36-2)26(23)37-3)22-14-20(19-6-4-5-7-21(19)29-22)27(32)38-15-25(31)28-17-8-10-18(11-9-17)30(33)34/h4-14H,15H2,1-3H3,(H,28,31). The van der Waals surface area contributed by atoms with Gasteiger partial charge in [0.25, 0.3) is 11.6 Å². The first kappa shape index (κ1) is 25.9. The van der Waals surface area contributed by atoms with Crippen molar-refractivity contribution in [2.75, 3.05) is 33.3 Å². The maximum Gasteiger partial charge on any atom is 0.339 e. The van der Waals surface area contributed by atoms with Gasteiger partial charge in [0.2, 0.25) is 5.75 Å². The number of non-ortho nitro benzene ring substituents is 1. The lowest BCUT2D eigenvalue weighted by atomic mass is 10.0. The SMILES string of the molecule is COc1cc(-c2cc(C(=O)OCC(=O)Nc3ccc([N+](=O)[O-])cc3)c3ccccc3n2)cc(OC)c1OC. The molecule has 4 aromatic rings. The number of carbonyl (C=O) groups excluding carboxylic acids is 2. The Hall–Kier alpha value is -5.19. The minimum Gasteiger partial charge on any atom is -0.493 e. The van der Waals surface area contributed by atoms with Crippen molar-refractivity contribution in [3.05, 3.63) is 82.4 Å². The van der Waals surface area contributed by atoms with Crippen LogP contribution in [0.3, 0.4) is 0 Å². The molecule has 0 aliphatic rings. The molecule has 1 N–H and O–H groups in total. The molecule has 0 radical (unpaired) electrons. The molecule has 0 spiro atoms. The maximum absolute atomic E-state index is 13.1. The molecule has 0 bridgehead atoms. The molecular formula is C27H23N3O8. The van der Waals surface area contributed by atoms with E-state index in [4.69, 9.17) is 18.9 Å². The van der Waals surface area contributed by atoms with E-state index in [-0.39, 0.29) is 11.3 Å². The van der Waals surface area contributed by atoms with Crippen molar-refractivity contribution in [2.45, 2.75) is 0 Å². The predicted molar refractivity (Wildman–Crippen MR) is 139 cm³/mol. The van der Waals surface area contributed by atoms with Crippen LogP contribution in [-0.4, -0.2) is 49.7 Å². The second kappa shape index (κ2) is 11.2. The summed E-state index contributed by atoms with van der Waals surface area (Å²) in [6.45, 7) is -0.564. The average Bonchev–Trinajstić information content (AvgIpc) is 2.94. The van der Waals surface area contributed by atoms with Crippen molar-refractivity contribution in [3.63, 3.8) is 0 Å². The average molecular weight is 517 g/mol. The van der Waals surface area contributed by atoms with E-state index >= 15 is 0 Å². The van der Waals surface area contributed by atoms with Crippen molar-refractivity contribution < 1.29 is 33.5 Å². The summed E-state index contributed by atoms with van der Waals surface area (Å²) in [5, 5.41) is 13.9. The number of nitro groups is 1. The molecule has 1 heterocycles. The molecule has 38 heavy (non-hydrogen) atoms. The molecule has 194 valence electrons. The van der Waals surface area contributed by atoms with Gasteiger partial charge in [0.1, 0.15) is 0 Å². The first-order valence-electron chi connectivity index (χ1n) is 11.3. The quantitative estimate of drug-likeness (QED) is 0.191. The number of ether oxygens (including phenoxy) is 4. The molecule has 11 nitrogen and oxygen atoms in total. The fourth-order valence-corrected chi connectivity index (χ4v) is 3.79. The van der Waals surface area contributed by atoms with Gasteiger partial charge in [-0.15, -0.1) is 0 Å². The number of amides is 1. The van der Waals surface area contributed by atoms with Crippen LogP contribution < -0.4 is 19.5 Å². The Bertz CT molecular complexity index is 1490. The first-order valence-corrected chi connectivity index (χ1v) is 11.3. The Morgan fingerprint density at radius 2 is 1.58 bits per heavy atom. The highest BCUT2D eigenvalue weighted by Gasteiger charge is 2.19. The lowest BCUT2D eigenvalue weighted by Gasteiger charge is -2.15. The van der Waals surface area contributed by atoms with Gasteiger partial charge in [0, 0.05) is 28.8 Å². The Morgan fingerprint density at radius 3 is 2.18 bits per heavy atom. The van der Waals surface area contributed by atoms with E-state index in [0.717, 1.165) is 0 Å². The van der Waals surface area contributed by atoms with E-state index in [2.05, 4.69) is 10.3 Å². The van der Waals surface area contributed by atoms with Gasteiger partial charge < -0.3 is 24.3 Å². The second-order valence-corrected chi connectivity index (χ2v) is 7.91. The number of esters is 1. The summed E-state index contributed by atoms with van der Waals surface area (Å²) in [5.41, 5.74) is 2.03. The van der Waals surface area contributed by atoms with E-state index in [1.807, 2.05) is 0 Å². The number of fused-ring (bicyclic) bond motifs is 1. The van der Waals surface area contributed by atoms with Gasteiger partial charge in [-0.2, -0.15) is 0 Å². The molecule has 4 rings (SSSR count). The van der Waals surface area contributed by atoms with E-state index in [0.29, 0.717) is 45.1 Å². The molecule has 0 saturated heterocycles. The number of carbonyl (C=O) groups is 2. The number of pyridine rings is 1. The molecule has 0 atom stereocenters. The zero-order valence-electron chi connectivity index (χ0n) is 20.7. The predicted octanol–water partition coefficient (Wildman–Crippen LogP) is 4.63. The molecule has 0 aliphatic carbocycles. The van der Waals surface area contributed by atoms with Crippen molar-refractivity contribution in [1.82, 2.24) is 4.98 Å². The zero-order valence-corrected chi connectivity index (χ0v) is 20.7. The summed E-state index contributed by atoms with van der Waals surface area (Å²) in [6.07, 6.45) is 0. The number of nitrogens with one attached hydrogen (secondary N) is 1. The molecule has 0 unspecified atom stereocenters. The summed E-state index contributed by atoms with van der Waals surface area (Å²) >= 11 is 0. The fourth-order valence-electron chi connectivity index (χ4n) is 3.79. The van der Waals surface area contributed by atoms with Crippen LogP contribution in [-0.2, 0) is 9.53 Å². The smallest absolute Gasteiger partial charge is 0.339 e. The van der Waals surface area contributed by atoms with Crippen LogP contribution in [0.4, 0.5) is 11.4 Å². The number of hydrogen-bond donors (Lipinski definition) is 1. The number of aromatic nitrogens is 1. The summed E-state index contributed by atoms with van der Waals surface area (Å²) in [5.74, 6) is -0.0718. The van der Waals surface area contributed by atoms with E-state index in [1.54, 1.807) is 42.5 Å². The van der Waals surface area contributed by atoms with Crippen LogP contribution in [0, 0.1) is 10.1 Å². The number of anilines is 1. The van der Waals surface area contributed by atoms with Crippen LogP contribution >= 0.6 is 0 Å². The first-order chi connectivity index (χ1) is 18.3. The fraction of sp³-hybridized carbons (Fsp3) is 0.148. The van der Waals surface area contributed by atoms with Gasteiger partial charge in [-0.25, -0.2) is 9.78 Å². The third-order valence-electron chi connectivity index (χ3n) is 5.59. The largest absolute Gasteiger partial charge is 0.493 e. The third-order valence-corrected chi connectivity index (χ3v) is 5.59. The van der Waals surface area contributed by atoms with Gasteiger partial charge in [0.15, 0.2) is 18.1 Å². The third kappa shape index (κ3) is 5.46. The molecule has 1 amide bonds. The molecule has 3 aromatic carbocycles. The number of nitrogens with zero attached hydrogens (tertiary/aromatic N) is 2. The van der Waals surface area contributed by atoms with Crippen molar-refractivity contribution >= 4 is 34.2 Å². The van der Waals surface area contributed by atoms with Crippen LogP contribution in [0.1, 0.15) is 10.4 Å². The van der Waals surface area contributed by atoms with Crippen molar-refractivity contribution in [1.29, 1.82) is 0 Å². The second-order valence-electron chi connectivity index (χ2n) is 7.91. The topological polar surface area (TPSA) is 139 Å². The van der Waals surface area contributed by atoms with Crippen LogP contribution in [0.15, 0.2) is 66.7 Å².